The van der Waals surface area contributed by atoms with Crippen LogP contribution in [0.1, 0.15) is 30.5 Å². The van der Waals surface area contributed by atoms with Gasteiger partial charge in [0.2, 0.25) is 5.95 Å². The number of carbonyl (C=O) groups excluding carboxylic acids is 2. The first-order chi connectivity index (χ1) is 16.4. The number of nitrogens with zero attached hydrogens (tertiary/aromatic N) is 4. The van der Waals surface area contributed by atoms with E-state index >= 15 is 0 Å². The van der Waals surface area contributed by atoms with Gasteiger partial charge in [-0.25, -0.2) is 4.98 Å². The Kier molecular flexibility index (Phi) is 8.13. The molecule has 0 atom stereocenters. The molecule has 0 saturated heterocycles. The van der Waals surface area contributed by atoms with E-state index in [9.17, 15) is 14.9 Å². The SMILES string of the molecule is CCOC(=O)Cc1ccc(N(c2ccc(CC(=O)OCC)cc2)c2nc(N)ncc2C#N)cc1. The normalized spacial score (nSPS) is 10.3. The Morgan fingerprint density at radius 2 is 1.38 bits per heavy atom. The average Bonchev–Trinajstić information content (AvgIpc) is 2.82. The third kappa shape index (κ3) is 6.07. The summed E-state index contributed by atoms with van der Waals surface area (Å²) >= 11 is 0. The fourth-order valence-electron chi connectivity index (χ4n) is 3.31. The molecule has 9 heteroatoms. The first-order valence-corrected chi connectivity index (χ1v) is 10.8. The van der Waals surface area contributed by atoms with E-state index < -0.39 is 0 Å². The van der Waals surface area contributed by atoms with Gasteiger partial charge >= 0.3 is 11.9 Å². The summed E-state index contributed by atoms with van der Waals surface area (Å²) in [5, 5.41) is 9.64. The van der Waals surface area contributed by atoms with Gasteiger partial charge in [0.15, 0.2) is 5.82 Å². The Hall–Kier alpha value is -4.45. The Labute approximate surface area is 197 Å². The van der Waals surface area contributed by atoms with Crippen LogP contribution in [-0.4, -0.2) is 35.1 Å². The van der Waals surface area contributed by atoms with Gasteiger partial charge < -0.3 is 15.2 Å². The van der Waals surface area contributed by atoms with Crippen LogP contribution in [-0.2, 0) is 31.9 Å². The first kappa shape index (κ1) is 24.2. The number of carbonyl (C=O) groups is 2. The van der Waals surface area contributed by atoms with Crippen molar-refractivity contribution in [3.05, 3.63) is 71.4 Å². The molecule has 0 spiro atoms. The fraction of sp³-hybridized carbons (Fsp3) is 0.240. The maximum absolute atomic E-state index is 11.8. The second-order valence-electron chi connectivity index (χ2n) is 7.21. The lowest BCUT2D eigenvalue weighted by atomic mass is 10.1. The van der Waals surface area contributed by atoms with Gasteiger partial charge in [-0.05, 0) is 49.2 Å². The number of hydrogen-bond donors (Lipinski definition) is 1. The number of benzene rings is 2. The molecule has 0 aliphatic rings. The Balaban J connectivity index is 1.99. The number of nitrogen functional groups attached to an aromatic ring is 1. The average molecular weight is 460 g/mol. The van der Waals surface area contributed by atoms with Gasteiger partial charge in [0.1, 0.15) is 11.6 Å². The number of nitriles is 1. The van der Waals surface area contributed by atoms with Crippen molar-refractivity contribution in [3.8, 4) is 6.07 Å². The highest BCUT2D eigenvalue weighted by molar-refractivity contribution is 5.79. The van der Waals surface area contributed by atoms with E-state index in [4.69, 9.17) is 15.2 Å². The summed E-state index contributed by atoms with van der Waals surface area (Å²) < 4.78 is 10.0. The maximum Gasteiger partial charge on any atom is 0.310 e. The van der Waals surface area contributed by atoms with Crippen molar-refractivity contribution in [2.45, 2.75) is 26.7 Å². The molecule has 0 amide bonds. The van der Waals surface area contributed by atoms with Crippen LogP contribution in [0.2, 0.25) is 0 Å². The molecule has 0 fully saturated rings. The molecule has 0 bridgehead atoms. The van der Waals surface area contributed by atoms with Gasteiger partial charge in [0.25, 0.3) is 0 Å². The van der Waals surface area contributed by atoms with Gasteiger partial charge in [-0.1, -0.05) is 24.3 Å². The van der Waals surface area contributed by atoms with Gasteiger partial charge in [-0.3, -0.25) is 14.5 Å². The molecule has 3 rings (SSSR count). The minimum atomic E-state index is -0.306. The molecule has 3 aromatic rings. The quantitative estimate of drug-likeness (QED) is 0.477. The van der Waals surface area contributed by atoms with Crippen molar-refractivity contribution >= 4 is 35.1 Å². The number of rotatable bonds is 9. The minimum Gasteiger partial charge on any atom is -0.466 e. The lowest BCUT2D eigenvalue weighted by Gasteiger charge is -2.25. The fourth-order valence-corrected chi connectivity index (χ4v) is 3.31. The molecule has 1 aromatic heterocycles. The molecule has 9 nitrogen and oxygen atoms in total. The monoisotopic (exact) mass is 459 g/mol. The van der Waals surface area contributed by atoms with Crippen LogP contribution >= 0.6 is 0 Å². The molecule has 0 aliphatic carbocycles. The van der Waals surface area contributed by atoms with Gasteiger partial charge in [-0.15, -0.1) is 0 Å². The first-order valence-electron chi connectivity index (χ1n) is 10.8. The Morgan fingerprint density at radius 3 is 1.79 bits per heavy atom. The highest BCUT2D eigenvalue weighted by Gasteiger charge is 2.19. The Bertz CT molecular complexity index is 1120. The zero-order chi connectivity index (χ0) is 24.5. The van der Waals surface area contributed by atoms with Crippen molar-refractivity contribution in [1.82, 2.24) is 9.97 Å². The molecule has 174 valence electrons. The van der Waals surface area contributed by atoms with Crippen molar-refractivity contribution in [2.75, 3.05) is 23.8 Å². The van der Waals surface area contributed by atoms with Crippen LogP contribution < -0.4 is 10.6 Å². The van der Waals surface area contributed by atoms with Crippen LogP contribution in [0.15, 0.2) is 54.7 Å². The van der Waals surface area contributed by atoms with E-state index in [1.165, 1.54) is 6.20 Å². The molecule has 0 aliphatic heterocycles. The second kappa shape index (κ2) is 11.4. The summed E-state index contributed by atoms with van der Waals surface area (Å²) in [6.45, 7) is 4.17. The smallest absolute Gasteiger partial charge is 0.310 e. The van der Waals surface area contributed by atoms with E-state index in [0.29, 0.717) is 30.4 Å². The summed E-state index contributed by atoms with van der Waals surface area (Å²) in [5.41, 5.74) is 9.03. The lowest BCUT2D eigenvalue weighted by Crippen LogP contribution is -2.15. The molecule has 0 unspecified atom stereocenters. The molecule has 2 aromatic carbocycles. The molecule has 0 saturated carbocycles. The van der Waals surface area contributed by atoms with E-state index in [2.05, 4.69) is 16.0 Å². The van der Waals surface area contributed by atoms with Crippen molar-refractivity contribution < 1.29 is 19.1 Å². The number of ether oxygens (including phenoxy) is 2. The van der Waals surface area contributed by atoms with Crippen molar-refractivity contribution in [3.63, 3.8) is 0 Å². The minimum absolute atomic E-state index is 0.0249. The lowest BCUT2D eigenvalue weighted by molar-refractivity contribution is -0.143. The zero-order valence-corrected chi connectivity index (χ0v) is 19.0. The van der Waals surface area contributed by atoms with Gasteiger partial charge in [0, 0.05) is 11.4 Å². The second-order valence-corrected chi connectivity index (χ2v) is 7.21. The number of nitrogens with two attached hydrogens (primary N) is 1. The number of anilines is 4. The van der Waals surface area contributed by atoms with E-state index in [1.54, 1.807) is 18.7 Å². The number of hydrogen-bond acceptors (Lipinski definition) is 9. The van der Waals surface area contributed by atoms with Crippen LogP contribution in [0.25, 0.3) is 0 Å². The van der Waals surface area contributed by atoms with Crippen molar-refractivity contribution in [2.24, 2.45) is 0 Å². The van der Waals surface area contributed by atoms with Gasteiger partial charge in [-0.2, -0.15) is 10.2 Å². The molecule has 1 heterocycles. The van der Waals surface area contributed by atoms with Crippen molar-refractivity contribution in [1.29, 1.82) is 5.26 Å². The molecular formula is C25H25N5O4. The summed E-state index contributed by atoms with van der Waals surface area (Å²) in [4.78, 5) is 33.6. The standard InChI is InChI=1S/C25H25N5O4/c1-3-33-22(31)13-17-5-9-20(10-6-17)30(24-19(15-26)16-28-25(27)29-24)21-11-7-18(8-12-21)14-23(32)34-4-2/h5-12,16H,3-4,13-14H2,1-2H3,(H2,27,28,29). The van der Waals surface area contributed by atoms with Gasteiger partial charge in [0.05, 0.1) is 32.3 Å². The number of esters is 2. The summed E-state index contributed by atoms with van der Waals surface area (Å²) in [7, 11) is 0. The summed E-state index contributed by atoms with van der Waals surface area (Å²) in [5.74, 6) is -0.276. The third-order valence-electron chi connectivity index (χ3n) is 4.82. The third-order valence-corrected chi connectivity index (χ3v) is 4.82. The molecule has 2 N–H and O–H groups in total. The predicted octanol–water partition coefficient (Wildman–Crippen LogP) is 3.61. The molecular weight excluding hydrogens is 434 g/mol. The maximum atomic E-state index is 11.8. The van der Waals surface area contributed by atoms with Crippen LogP contribution in [0.3, 0.4) is 0 Å². The summed E-state index contributed by atoms with van der Waals surface area (Å²) in [6, 6.07) is 16.6. The van der Waals surface area contributed by atoms with E-state index in [0.717, 1.165) is 11.1 Å². The van der Waals surface area contributed by atoms with Crippen LogP contribution in [0, 0.1) is 11.3 Å². The molecule has 0 radical (unpaired) electrons. The largest absolute Gasteiger partial charge is 0.466 e. The highest BCUT2D eigenvalue weighted by Crippen LogP contribution is 2.35. The van der Waals surface area contributed by atoms with E-state index in [1.807, 2.05) is 48.5 Å². The predicted molar refractivity (Wildman–Crippen MR) is 127 cm³/mol. The van der Waals surface area contributed by atoms with E-state index in [-0.39, 0.29) is 36.3 Å². The van der Waals surface area contributed by atoms with Crippen LogP contribution in [0.5, 0.6) is 0 Å². The topological polar surface area (TPSA) is 131 Å². The highest BCUT2D eigenvalue weighted by atomic mass is 16.5. The zero-order valence-electron chi connectivity index (χ0n) is 19.0. The van der Waals surface area contributed by atoms with Crippen LogP contribution in [0.4, 0.5) is 23.1 Å². The number of aromatic nitrogens is 2. The molecule has 34 heavy (non-hydrogen) atoms. The Morgan fingerprint density at radius 1 is 0.912 bits per heavy atom. The summed E-state index contributed by atoms with van der Waals surface area (Å²) in [6.07, 6.45) is 1.68.